The second-order valence-corrected chi connectivity index (χ2v) is 5.64. The molecule has 1 atom stereocenters. The Morgan fingerprint density at radius 1 is 1.41 bits per heavy atom. The Bertz CT molecular complexity index is 510. The number of nitrogens with zero attached hydrogens (tertiary/aromatic N) is 1. The highest BCUT2D eigenvalue weighted by atomic mass is 19.1. The molecule has 1 unspecified atom stereocenters. The molecule has 1 fully saturated rings. The first kappa shape index (κ1) is 16.7. The first-order valence-electron chi connectivity index (χ1n) is 7.73. The second kappa shape index (κ2) is 8.10. The van der Waals surface area contributed by atoms with E-state index in [1.807, 2.05) is 0 Å². The minimum atomic E-state index is -0.571. The van der Waals surface area contributed by atoms with Crippen LogP contribution in [0.2, 0.25) is 0 Å². The van der Waals surface area contributed by atoms with Gasteiger partial charge in [0.2, 0.25) is 0 Å². The number of aromatic hydroxyl groups is 1. The number of aliphatic hydroxyl groups is 1. The molecule has 1 aromatic rings. The van der Waals surface area contributed by atoms with Crippen LogP contribution in [-0.2, 0) is 0 Å². The lowest BCUT2D eigenvalue weighted by Gasteiger charge is -2.22. The molecule has 0 bridgehead atoms. The van der Waals surface area contributed by atoms with Crippen LogP contribution in [0, 0.1) is 5.82 Å². The number of amides is 1. The van der Waals surface area contributed by atoms with E-state index in [1.54, 1.807) is 0 Å². The topological polar surface area (TPSA) is 72.8 Å². The van der Waals surface area contributed by atoms with Crippen LogP contribution in [0.3, 0.4) is 0 Å². The fourth-order valence-electron chi connectivity index (χ4n) is 2.83. The first-order chi connectivity index (χ1) is 10.6. The molecule has 0 saturated carbocycles. The number of nitrogens with one attached hydrogen (secondary N) is 1. The van der Waals surface area contributed by atoms with Crippen molar-refractivity contribution < 1.29 is 19.4 Å². The van der Waals surface area contributed by atoms with Gasteiger partial charge in [-0.3, -0.25) is 9.69 Å². The van der Waals surface area contributed by atoms with E-state index in [0.717, 1.165) is 50.9 Å². The van der Waals surface area contributed by atoms with Crippen molar-refractivity contribution in [2.75, 3.05) is 26.2 Å². The maximum atomic E-state index is 12.9. The standard InChI is InChI=1S/C16H23FN2O3/c17-12-5-6-14(15(21)10-12)16(22)18-7-1-2-8-19-9-3-4-13(19)11-20/h5-6,10,13,20-21H,1-4,7-9,11H2,(H,18,22). The average molecular weight is 310 g/mol. The van der Waals surface area contributed by atoms with Crippen molar-refractivity contribution in [3.63, 3.8) is 0 Å². The smallest absolute Gasteiger partial charge is 0.255 e. The molecule has 122 valence electrons. The fourth-order valence-corrected chi connectivity index (χ4v) is 2.83. The summed E-state index contributed by atoms with van der Waals surface area (Å²) in [5, 5.41) is 21.5. The Hall–Kier alpha value is -1.66. The number of halogens is 1. The van der Waals surface area contributed by atoms with Crippen molar-refractivity contribution in [2.24, 2.45) is 0 Å². The third kappa shape index (κ3) is 4.42. The molecule has 1 saturated heterocycles. The lowest BCUT2D eigenvalue weighted by atomic mass is 10.2. The number of rotatable bonds is 7. The summed E-state index contributed by atoms with van der Waals surface area (Å²) >= 11 is 0. The summed E-state index contributed by atoms with van der Waals surface area (Å²) in [4.78, 5) is 14.1. The normalized spacial score (nSPS) is 18.5. The fraction of sp³-hybridized carbons (Fsp3) is 0.562. The van der Waals surface area contributed by atoms with Gasteiger partial charge in [0.15, 0.2) is 0 Å². The second-order valence-electron chi connectivity index (χ2n) is 5.64. The number of likely N-dealkylation sites (tertiary alicyclic amines) is 1. The summed E-state index contributed by atoms with van der Waals surface area (Å²) in [7, 11) is 0. The van der Waals surface area contributed by atoms with Crippen molar-refractivity contribution in [3.05, 3.63) is 29.6 Å². The van der Waals surface area contributed by atoms with Crippen molar-refractivity contribution >= 4 is 5.91 Å². The average Bonchev–Trinajstić information content (AvgIpc) is 2.94. The lowest BCUT2D eigenvalue weighted by Crippen LogP contribution is -2.33. The summed E-state index contributed by atoms with van der Waals surface area (Å²) in [6.07, 6.45) is 3.94. The molecule has 1 aliphatic rings. The van der Waals surface area contributed by atoms with Crippen LogP contribution in [0.1, 0.15) is 36.0 Å². The Labute approximate surface area is 129 Å². The molecule has 6 heteroatoms. The number of phenols is 1. The van der Waals surface area contributed by atoms with Crippen LogP contribution in [0.4, 0.5) is 4.39 Å². The molecule has 1 amide bonds. The molecule has 22 heavy (non-hydrogen) atoms. The number of benzene rings is 1. The minimum absolute atomic E-state index is 0.0845. The maximum Gasteiger partial charge on any atom is 0.255 e. The Morgan fingerprint density at radius 2 is 2.23 bits per heavy atom. The summed E-state index contributed by atoms with van der Waals surface area (Å²) < 4.78 is 12.9. The molecule has 1 aliphatic heterocycles. The third-order valence-electron chi connectivity index (χ3n) is 4.07. The number of phenolic OH excluding ortho intramolecular Hbond substituents is 1. The van der Waals surface area contributed by atoms with Crippen LogP contribution in [0.25, 0.3) is 0 Å². The van der Waals surface area contributed by atoms with Gasteiger partial charge in [-0.15, -0.1) is 0 Å². The zero-order chi connectivity index (χ0) is 15.9. The van der Waals surface area contributed by atoms with E-state index in [4.69, 9.17) is 0 Å². The number of carbonyl (C=O) groups excluding carboxylic acids is 1. The van der Waals surface area contributed by atoms with E-state index in [-0.39, 0.29) is 24.0 Å². The van der Waals surface area contributed by atoms with Gasteiger partial charge in [0.05, 0.1) is 12.2 Å². The van der Waals surface area contributed by atoms with Gasteiger partial charge < -0.3 is 15.5 Å². The van der Waals surface area contributed by atoms with Crippen LogP contribution in [0.5, 0.6) is 5.75 Å². The van der Waals surface area contributed by atoms with E-state index in [0.29, 0.717) is 6.54 Å². The Balaban J connectivity index is 1.67. The molecular formula is C16H23FN2O3. The Kier molecular flexibility index (Phi) is 6.15. The number of carbonyl (C=O) groups is 1. The lowest BCUT2D eigenvalue weighted by molar-refractivity contribution is 0.0949. The molecule has 5 nitrogen and oxygen atoms in total. The number of hydrogen-bond acceptors (Lipinski definition) is 4. The van der Waals surface area contributed by atoms with Crippen LogP contribution >= 0.6 is 0 Å². The predicted octanol–water partition coefficient (Wildman–Crippen LogP) is 1.50. The van der Waals surface area contributed by atoms with Crippen LogP contribution in [0.15, 0.2) is 18.2 Å². The highest BCUT2D eigenvalue weighted by molar-refractivity contribution is 5.96. The van der Waals surface area contributed by atoms with Gasteiger partial charge in [0.1, 0.15) is 11.6 Å². The van der Waals surface area contributed by atoms with Gasteiger partial charge in [-0.25, -0.2) is 4.39 Å². The van der Waals surface area contributed by atoms with Crippen molar-refractivity contribution in [2.45, 2.75) is 31.7 Å². The van der Waals surface area contributed by atoms with Crippen molar-refractivity contribution in [3.8, 4) is 5.75 Å². The molecule has 0 aromatic heterocycles. The monoisotopic (exact) mass is 310 g/mol. The van der Waals surface area contributed by atoms with Gasteiger partial charge in [-0.1, -0.05) is 0 Å². The molecule has 0 radical (unpaired) electrons. The van der Waals surface area contributed by atoms with E-state index in [2.05, 4.69) is 10.2 Å². The highest BCUT2D eigenvalue weighted by Gasteiger charge is 2.22. The summed E-state index contributed by atoms with van der Waals surface area (Å²) in [6, 6.07) is 3.63. The zero-order valence-electron chi connectivity index (χ0n) is 12.6. The molecule has 3 N–H and O–H groups in total. The predicted molar refractivity (Wildman–Crippen MR) is 81.3 cm³/mol. The summed E-state index contributed by atoms with van der Waals surface area (Å²) in [6.45, 7) is 2.66. The zero-order valence-corrected chi connectivity index (χ0v) is 12.6. The summed E-state index contributed by atoms with van der Waals surface area (Å²) in [5.41, 5.74) is 0.0845. The van der Waals surface area contributed by atoms with Crippen molar-refractivity contribution in [1.29, 1.82) is 0 Å². The van der Waals surface area contributed by atoms with E-state index in [1.165, 1.54) is 6.07 Å². The highest BCUT2D eigenvalue weighted by Crippen LogP contribution is 2.18. The molecule has 2 rings (SSSR count). The minimum Gasteiger partial charge on any atom is -0.507 e. The number of aliphatic hydroxyl groups excluding tert-OH is 1. The number of unbranched alkanes of at least 4 members (excludes halogenated alkanes) is 1. The van der Waals surface area contributed by atoms with E-state index < -0.39 is 11.7 Å². The van der Waals surface area contributed by atoms with E-state index >= 15 is 0 Å². The molecule has 0 aliphatic carbocycles. The van der Waals surface area contributed by atoms with Gasteiger partial charge in [-0.2, -0.15) is 0 Å². The maximum absolute atomic E-state index is 12.9. The van der Waals surface area contributed by atoms with Crippen LogP contribution < -0.4 is 5.32 Å². The third-order valence-corrected chi connectivity index (χ3v) is 4.07. The molecular weight excluding hydrogens is 287 g/mol. The first-order valence-corrected chi connectivity index (χ1v) is 7.73. The quantitative estimate of drug-likeness (QED) is 0.667. The summed E-state index contributed by atoms with van der Waals surface area (Å²) in [5.74, 6) is -1.31. The molecule has 1 aromatic carbocycles. The Morgan fingerprint density at radius 3 is 2.95 bits per heavy atom. The largest absolute Gasteiger partial charge is 0.507 e. The van der Waals surface area contributed by atoms with Gasteiger partial charge in [0, 0.05) is 18.7 Å². The van der Waals surface area contributed by atoms with Gasteiger partial charge in [-0.05, 0) is 50.9 Å². The molecule has 0 spiro atoms. The number of hydrogen-bond donors (Lipinski definition) is 3. The van der Waals surface area contributed by atoms with Crippen molar-refractivity contribution in [1.82, 2.24) is 10.2 Å². The molecule has 1 heterocycles. The van der Waals surface area contributed by atoms with Gasteiger partial charge >= 0.3 is 0 Å². The van der Waals surface area contributed by atoms with E-state index in [9.17, 15) is 19.4 Å². The SMILES string of the molecule is O=C(NCCCCN1CCCC1CO)c1ccc(F)cc1O. The van der Waals surface area contributed by atoms with Crippen LogP contribution in [-0.4, -0.2) is 53.3 Å². The van der Waals surface area contributed by atoms with Gasteiger partial charge in [0.25, 0.3) is 5.91 Å².